The highest BCUT2D eigenvalue weighted by Crippen LogP contribution is 2.25. The number of benzene rings is 1. The number of nitrogens with one attached hydrogen (secondary N) is 1. The summed E-state index contributed by atoms with van der Waals surface area (Å²) in [6.07, 6.45) is 0.744. The lowest BCUT2D eigenvalue weighted by Crippen LogP contribution is -2.44. The van der Waals surface area contributed by atoms with Crippen LogP contribution >= 0.6 is 0 Å². The Labute approximate surface area is 129 Å². The van der Waals surface area contributed by atoms with Crippen LogP contribution in [0.5, 0.6) is 5.75 Å². The molecule has 1 aliphatic rings. The van der Waals surface area contributed by atoms with Gasteiger partial charge in [0.1, 0.15) is 11.6 Å². The number of aromatic nitrogens is 2. The number of methoxy groups -OCH3 is 1. The van der Waals surface area contributed by atoms with Gasteiger partial charge in [-0.05, 0) is 19.1 Å². The molecule has 1 atom stereocenters. The Hall–Kier alpha value is -2.34. The fraction of sp³-hybridized carbons (Fsp3) is 0.375. The molecule has 0 aliphatic carbocycles. The summed E-state index contributed by atoms with van der Waals surface area (Å²) < 4.78 is 5.24. The maximum Gasteiger partial charge on any atom is 0.239 e. The second kappa shape index (κ2) is 5.81. The normalized spacial score (nSPS) is 15.3. The number of aromatic amines is 1. The molecule has 1 unspecified atom stereocenters. The van der Waals surface area contributed by atoms with Crippen LogP contribution in [0.1, 0.15) is 18.3 Å². The third kappa shape index (κ3) is 2.69. The lowest BCUT2D eigenvalue weighted by molar-refractivity contribution is -0.133. The van der Waals surface area contributed by atoms with E-state index in [1.807, 2.05) is 24.3 Å². The van der Waals surface area contributed by atoms with Crippen molar-refractivity contribution in [3.8, 4) is 17.1 Å². The molecular weight excluding hydrogens is 280 g/mol. The van der Waals surface area contributed by atoms with Crippen molar-refractivity contribution in [1.82, 2.24) is 14.9 Å². The minimum absolute atomic E-state index is 0.0248. The van der Waals surface area contributed by atoms with E-state index in [1.165, 1.54) is 0 Å². The minimum Gasteiger partial charge on any atom is -0.497 e. The highest BCUT2D eigenvalue weighted by Gasteiger charge is 2.25. The third-order valence-corrected chi connectivity index (χ3v) is 3.88. The van der Waals surface area contributed by atoms with Crippen LogP contribution < -0.4 is 10.5 Å². The molecule has 2 aromatic rings. The van der Waals surface area contributed by atoms with E-state index in [1.54, 1.807) is 18.9 Å². The molecule has 2 heterocycles. The summed E-state index contributed by atoms with van der Waals surface area (Å²) in [6.45, 7) is 2.91. The van der Waals surface area contributed by atoms with E-state index in [2.05, 4.69) is 9.97 Å². The Morgan fingerprint density at radius 2 is 2.32 bits per heavy atom. The van der Waals surface area contributed by atoms with Crippen molar-refractivity contribution in [1.29, 1.82) is 0 Å². The number of hydrogen-bond acceptors (Lipinski definition) is 4. The van der Waals surface area contributed by atoms with Gasteiger partial charge in [-0.2, -0.15) is 0 Å². The summed E-state index contributed by atoms with van der Waals surface area (Å²) in [5.41, 5.74) is 8.66. The number of nitrogens with two attached hydrogens (primary N) is 1. The molecule has 1 aromatic heterocycles. The van der Waals surface area contributed by atoms with E-state index in [0.29, 0.717) is 13.1 Å². The topological polar surface area (TPSA) is 84.2 Å². The van der Waals surface area contributed by atoms with Crippen LogP contribution in [0.25, 0.3) is 11.4 Å². The number of carbonyl (C=O) groups excluding carboxylic acids is 1. The Morgan fingerprint density at radius 3 is 3.05 bits per heavy atom. The standard InChI is InChI=1S/C16H20N4O2/c1-10(17)16(21)20-7-6-13-14(9-20)19-15(18-13)11-4-3-5-12(8-11)22-2/h3-5,8,10H,6-7,9,17H2,1-2H3,(H,18,19). The molecule has 6 heteroatoms. The molecule has 0 radical (unpaired) electrons. The van der Waals surface area contributed by atoms with Crippen LogP contribution in [0.2, 0.25) is 0 Å². The van der Waals surface area contributed by atoms with Gasteiger partial charge in [-0.1, -0.05) is 12.1 Å². The van der Waals surface area contributed by atoms with E-state index in [9.17, 15) is 4.79 Å². The average Bonchev–Trinajstić information content (AvgIpc) is 2.97. The fourth-order valence-electron chi connectivity index (χ4n) is 2.68. The monoisotopic (exact) mass is 300 g/mol. The van der Waals surface area contributed by atoms with Crippen molar-refractivity contribution in [2.24, 2.45) is 5.73 Å². The predicted octanol–water partition coefficient (Wildman–Crippen LogP) is 1.32. The van der Waals surface area contributed by atoms with E-state index >= 15 is 0 Å². The first-order valence-corrected chi connectivity index (χ1v) is 7.35. The van der Waals surface area contributed by atoms with Gasteiger partial charge >= 0.3 is 0 Å². The van der Waals surface area contributed by atoms with Crippen molar-refractivity contribution >= 4 is 5.91 Å². The van der Waals surface area contributed by atoms with Crippen LogP contribution in [0, 0.1) is 0 Å². The second-order valence-corrected chi connectivity index (χ2v) is 5.54. The maximum atomic E-state index is 12.0. The summed E-state index contributed by atoms with van der Waals surface area (Å²) in [7, 11) is 1.64. The molecule has 22 heavy (non-hydrogen) atoms. The second-order valence-electron chi connectivity index (χ2n) is 5.54. The highest BCUT2D eigenvalue weighted by molar-refractivity contribution is 5.81. The molecule has 3 rings (SSSR count). The predicted molar refractivity (Wildman–Crippen MR) is 83.3 cm³/mol. The molecule has 0 spiro atoms. The Morgan fingerprint density at radius 1 is 1.50 bits per heavy atom. The van der Waals surface area contributed by atoms with E-state index in [-0.39, 0.29) is 5.91 Å². The number of hydrogen-bond donors (Lipinski definition) is 2. The molecule has 1 aliphatic heterocycles. The average molecular weight is 300 g/mol. The first kappa shape index (κ1) is 14.6. The molecular formula is C16H20N4O2. The highest BCUT2D eigenvalue weighted by atomic mass is 16.5. The molecule has 6 nitrogen and oxygen atoms in total. The minimum atomic E-state index is -0.470. The largest absolute Gasteiger partial charge is 0.497 e. The van der Waals surface area contributed by atoms with Crippen molar-refractivity contribution in [3.63, 3.8) is 0 Å². The molecule has 0 bridgehead atoms. The van der Waals surface area contributed by atoms with Gasteiger partial charge in [-0.15, -0.1) is 0 Å². The first-order chi connectivity index (χ1) is 10.6. The van der Waals surface area contributed by atoms with Gasteiger partial charge in [0.15, 0.2) is 0 Å². The third-order valence-electron chi connectivity index (χ3n) is 3.88. The summed E-state index contributed by atoms with van der Waals surface area (Å²) in [4.78, 5) is 21.8. The molecule has 1 aromatic carbocycles. The van der Waals surface area contributed by atoms with Crippen molar-refractivity contribution in [2.45, 2.75) is 25.9 Å². The summed E-state index contributed by atoms with van der Waals surface area (Å²) in [6, 6.07) is 7.28. The van der Waals surface area contributed by atoms with Crippen LogP contribution in [-0.2, 0) is 17.8 Å². The van der Waals surface area contributed by atoms with Crippen molar-refractivity contribution < 1.29 is 9.53 Å². The molecule has 0 saturated carbocycles. The van der Waals surface area contributed by atoms with Crippen LogP contribution in [-0.4, -0.2) is 40.5 Å². The molecule has 116 valence electrons. The quantitative estimate of drug-likeness (QED) is 0.895. The van der Waals surface area contributed by atoms with Crippen molar-refractivity contribution in [2.75, 3.05) is 13.7 Å². The van der Waals surface area contributed by atoms with Crippen LogP contribution in [0.4, 0.5) is 0 Å². The number of fused-ring (bicyclic) bond motifs is 1. The smallest absolute Gasteiger partial charge is 0.239 e. The number of H-pyrrole nitrogens is 1. The zero-order valence-corrected chi connectivity index (χ0v) is 12.8. The zero-order valence-electron chi connectivity index (χ0n) is 12.8. The van der Waals surface area contributed by atoms with Gasteiger partial charge in [-0.3, -0.25) is 4.79 Å². The van der Waals surface area contributed by atoms with Gasteiger partial charge < -0.3 is 20.4 Å². The van der Waals surface area contributed by atoms with Crippen LogP contribution in [0.3, 0.4) is 0 Å². The Kier molecular flexibility index (Phi) is 3.85. The molecule has 0 fully saturated rings. The van der Waals surface area contributed by atoms with Gasteiger partial charge in [0.2, 0.25) is 5.91 Å². The lowest BCUT2D eigenvalue weighted by atomic mass is 10.1. The number of carbonyl (C=O) groups is 1. The Bertz CT molecular complexity index is 693. The number of imidazole rings is 1. The van der Waals surface area contributed by atoms with Gasteiger partial charge in [-0.25, -0.2) is 4.98 Å². The van der Waals surface area contributed by atoms with E-state index < -0.39 is 6.04 Å². The summed E-state index contributed by atoms with van der Waals surface area (Å²) >= 11 is 0. The fourth-order valence-corrected chi connectivity index (χ4v) is 2.68. The molecule has 1 amide bonds. The Balaban J connectivity index is 1.86. The van der Waals surface area contributed by atoms with Gasteiger partial charge in [0.05, 0.1) is 31.1 Å². The lowest BCUT2D eigenvalue weighted by Gasteiger charge is -2.27. The maximum absolute atomic E-state index is 12.0. The number of amides is 1. The van der Waals surface area contributed by atoms with Crippen LogP contribution in [0.15, 0.2) is 24.3 Å². The number of rotatable bonds is 3. The zero-order chi connectivity index (χ0) is 15.7. The summed E-state index contributed by atoms with van der Waals surface area (Å²) in [5.74, 6) is 1.57. The van der Waals surface area contributed by atoms with E-state index in [0.717, 1.165) is 34.9 Å². The molecule has 0 saturated heterocycles. The number of nitrogens with zero attached hydrogens (tertiary/aromatic N) is 2. The number of ether oxygens (including phenoxy) is 1. The molecule has 3 N–H and O–H groups in total. The first-order valence-electron chi connectivity index (χ1n) is 7.35. The summed E-state index contributed by atoms with van der Waals surface area (Å²) in [5, 5.41) is 0. The van der Waals surface area contributed by atoms with Gasteiger partial charge in [0, 0.05) is 18.5 Å². The SMILES string of the molecule is COc1cccc(-c2nc3c([nH]2)CN(C(=O)C(C)N)CC3)c1. The van der Waals surface area contributed by atoms with Gasteiger partial charge in [0.25, 0.3) is 0 Å². The van der Waals surface area contributed by atoms with E-state index in [4.69, 9.17) is 10.5 Å². The van der Waals surface area contributed by atoms with Crippen molar-refractivity contribution in [3.05, 3.63) is 35.7 Å².